The maximum Gasteiger partial charge on any atom is 0.327 e. The number of amides is 1. The monoisotopic (exact) mass is 271 g/mol. The number of carboxylic acids is 1. The van der Waals surface area contributed by atoms with Gasteiger partial charge in [0.05, 0.1) is 11.8 Å². The third kappa shape index (κ3) is 1.79. The van der Waals surface area contributed by atoms with Crippen molar-refractivity contribution in [3.63, 3.8) is 0 Å². The molecule has 1 N–H and O–H groups in total. The van der Waals surface area contributed by atoms with Gasteiger partial charge in [-0.3, -0.25) is 9.69 Å². The summed E-state index contributed by atoms with van der Waals surface area (Å²) in [5, 5.41) is 9.35. The quantitative estimate of drug-likeness (QED) is 0.909. The fourth-order valence-corrected chi connectivity index (χ4v) is 2.57. The molecular formula is C15H13NO4. The van der Waals surface area contributed by atoms with Crippen LogP contribution in [0.1, 0.15) is 21.7 Å². The molecule has 1 aliphatic rings. The van der Waals surface area contributed by atoms with Crippen molar-refractivity contribution < 1.29 is 19.1 Å². The molecule has 0 saturated carbocycles. The fraction of sp³-hybridized carbons (Fsp3) is 0.200. The van der Waals surface area contributed by atoms with Crippen LogP contribution in [0.5, 0.6) is 0 Å². The van der Waals surface area contributed by atoms with Crippen LogP contribution < -0.4 is 4.90 Å². The van der Waals surface area contributed by atoms with Crippen LogP contribution >= 0.6 is 0 Å². The van der Waals surface area contributed by atoms with Gasteiger partial charge in [-0.25, -0.2) is 4.79 Å². The molecule has 5 nitrogen and oxygen atoms in total. The van der Waals surface area contributed by atoms with E-state index in [1.54, 1.807) is 25.1 Å². The first-order valence-corrected chi connectivity index (χ1v) is 6.28. The van der Waals surface area contributed by atoms with Crippen molar-refractivity contribution >= 4 is 17.6 Å². The smallest absolute Gasteiger partial charge is 0.327 e. The Hall–Kier alpha value is -2.56. The van der Waals surface area contributed by atoms with E-state index in [9.17, 15) is 14.7 Å². The zero-order valence-corrected chi connectivity index (χ0v) is 10.9. The lowest BCUT2D eigenvalue weighted by atomic mass is 10.1. The van der Waals surface area contributed by atoms with Gasteiger partial charge in [0.25, 0.3) is 5.91 Å². The van der Waals surface area contributed by atoms with Crippen LogP contribution in [-0.2, 0) is 11.2 Å². The standard InChI is InChI=1S/C15H13NO4/c1-9-11(6-7-20-9)14(17)16-12-5-3-2-4-10(12)8-13(16)15(18)19/h2-7,13H,8H2,1H3,(H,18,19)/t13-/m0/s1. The summed E-state index contributed by atoms with van der Waals surface area (Å²) >= 11 is 0. The Labute approximate surface area is 115 Å². The van der Waals surface area contributed by atoms with Crippen LogP contribution in [-0.4, -0.2) is 23.0 Å². The predicted molar refractivity (Wildman–Crippen MR) is 71.8 cm³/mol. The van der Waals surface area contributed by atoms with Gasteiger partial charge in [0.1, 0.15) is 11.8 Å². The number of hydrogen-bond donors (Lipinski definition) is 1. The molecule has 2 aromatic rings. The minimum atomic E-state index is -1.00. The molecule has 0 aliphatic carbocycles. The normalized spacial score (nSPS) is 17.1. The molecule has 0 radical (unpaired) electrons. The number of carboxylic acid groups (broad SMARTS) is 1. The van der Waals surface area contributed by atoms with E-state index < -0.39 is 12.0 Å². The van der Waals surface area contributed by atoms with Gasteiger partial charge >= 0.3 is 5.97 Å². The molecule has 1 aromatic carbocycles. The molecule has 20 heavy (non-hydrogen) atoms. The van der Waals surface area contributed by atoms with E-state index in [0.717, 1.165) is 5.56 Å². The minimum absolute atomic E-state index is 0.328. The Morgan fingerprint density at radius 1 is 1.30 bits per heavy atom. The van der Waals surface area contributed by atoms with Crippen LogP contribution in [0, 0.1) is 6.92 Å². The number of aliphatic carboxylic acids is 1. The average Bonchev–Trinajstić information content (AvgIpc) is 3.01. The molecule has 0 bridgehead atoms. The lowest BCUT2D eigenvalue weighted by Gasteiger charge is -2.22. The summed E-state index contributed by atoms with van der Waals surface area (Å²) in [6.45, 7) is 1.69. The SMILES string of the molecule is Cc1occc1C(=O)N1c2ccccc2C[C@H]1C(=O)O. The Balaban J connectivity index is 2.07. The number of anilines is 1. The molecule has 1 atom stereocenters. The Kier molecular flexibility index (Phi) is 2.82. The van der Waals surface area contributed by atoms with Crippen molar-refractivity contribution in [3.8, 4) is 0 Å². The molecule has 0 saturated heterocycles. The maximum atomic E-state index is 12.6. The Bertz CT molecular complexity index is 689. The molecule has 3 rings (SSSR count). The number of carbonyl (C=O) groups excluding carboxylic acids is 1. The van der Waals surface area contributed by atoms with Crippen molar-refractivity contribution in [1.29, 1.82) is 0 Å². The number of benzene rings is 1. The second-order valence-corrected chi connectivity index (χ2v) is 4.75. The van der Waals surface area contributed by atoms with Gasteiger partial charge in [0.2, 0.25) is 0 Å². The molecule has 2 heterocycles. The molecular weight excluding hydrogens is 258 g/mol. The number of rotatable bonds is 2. The van der Waals surface area contributed by atoms with Crippen molar-refractivity contribution in [3.05, 3.63) is 53.5 Å². The van der Waals surface area contributed by atoms with E-state index in [-0.39, 0.29) is 5.91 Å². The summed E-state index contributed by atoms with van der Waals surface area (Å²) in [5.41, 5.74) is 1.92. The Morgan fingerprint density at radius 3 is 2.70 bits per heavy atom. The first-order chi connectivity index (χ1) is 9.59. The number of hydrogen-bond acceptors (Lipinski definition) is 3. The van der Waals surface area contributed by atoms with Crippen LogP contribution in [0.4, 0.5) is 5.69 Å². The number of aryl methyl sites for hydroxylation is 1. The van der Waals surface area contributed by atoms with Gasteiger partial charge in [0, 0.05) is 12.1 Å². The Morgan fingerprint density at radius 2 is 2.05 bits per heavy atom. The van der Waals surface area contributed by atoms with Crippen LogP contribution in [0.25, 0.3) is 0 Å². The number of para-hydroxylation sites is 1. The predicted octanol–water partition coefficient (Wildman–Crippen LogP) is 2.24. The average molecular weight is 271 g/mol. The van der Waals surface area contributed by atoms with Gasteiger partial charge < -0.3 is 9.52 Å². The van der Waals surface area contributed by atoms with Crippen molar-refractivity contribution in [2.75, 3.05) is 4.90 Å². The number of carbonyl (C=O) groups is 2. The van der Waals surface area contributed by atoms with Gasteiger partial charge in [0.15, 0.2) is 0 Å². The highest BCUT2D eigenvalue weighted by Gasteiger charge is 2.39. The van der Waals surface area contributed by atoms with Crippen molar-refractivity contribution in [2.24, 2.45) is 0 Å². The number of furan rings is 1. The summed E-state index contributed by atoms with van der Waals surface area (Å²) < 4.78 is 5.13. The number of fused-ring (bicyclic) bond motifs is 1. The molecule has 1 amide bonds. The van der Waals surface area contributed by atoms with Gasteiger partial charge in [-0.1, -0.05) is 18.2 Å². The number of nitrogens with zero attached hydrogens (tertiary/aromatic N) is 1. The molecule has 102 valence electrons. The second kappa shape index (κ2) is 4.52. The molecule has 0 fully saturated rings. The summed E-state index contributed by atoms with van der Waals surface area (Å²) in [7, 11) is 0. The van der Waals surface area contributed by atoms with E-state index in [1.807, 2.05) is 12.1 Å². The maximum absolute atomic E-state index is 12.6. The van der Waals surface area contributed by atoms with E-state index in [4.69, 9.17) is 4.42 Å². The van der Waals surface area contributed by atoms with E-state index in [1.165, 1.54) is 11.2 Å². The highest BCUT2D eigenvalue weighted by atomic mass is 16.4. The van der Waals surface area contributed by atoms with Crippen LogP contribution in [0.3, 0.4) is 0 Å². The van der Waals surface area contributed by atoms with Crippen LogP contribution in [0.2, 0.25) is 0 Å². The lowest BCUT2D eigenvalue weighted by Crippen LogP contribution is -2.42. The van der Waals surface area contributed by atoms with Crippen molar-refractivity contribution in [2.45, 2.75) is 19.4 Å². The van der Waals surface area contributed by atoms with E-state index in [2.05, 4.69) is 0 Å². The first-order valence-electron chi connectivity index (χ1n) is 6.28. The molecule has 0 unspecified atom stereocenters. The molecule has 5 heteroatoms. The zero-order valence-electron chi connectivity index (χ0n) is 10.9. The molecule has 0 spiro atoms. The van der Waals surface area contributed by atoms with Gasteiger partial charge in [-0.2, -0.15) is 0 Å². The summed E-state index contributed by atoms with van der Waals surface area (Å²) in [6.07, 6.45) is 1.76. The third-order valence-electron chi connectivity index (χ3n) is 3.57. The summed E-state index contributed by atoms with van der Waals surface area (Å²) in [4.78, 5) is 25.4. The fourth-order valence-electron chi connectivity index (χ4n) is 2.57. The largest absolute Gasteiger partial charge is 0.480 e. The van der Waals surface area contributed by atoms with E-state index >= 15 is 0 Å². The van der Waals surface area contributed by atoms with Gasteiger partial charge in [-0.05, 0) is 24.6 Å². The molecule has 1 aliphatic heterocycles. The topological polar surface area (TPSA) is 70.8 Å². The summed E-state index contributed by atoms with van der Waals surface area (Å²) in [5.74, 6) is -0.854. The third-order valence-corrected chi connectivity index (χ3v) is 3.57. The molecule has 1 aromatic heterocycles. The lowest BCUT2D eigenvalue weighted by molar-refractivity contribution is -0.138. The second-order valence-electron chi connectivity index (χ2n) is 4.75. The highest BCUT2D eigenvalue weighted by Crippen LogP contribution is 2.33. The zero-order chi connectivity index (χ0) is 14.3. The van der Waals surface area contributed by atoms with E-state index in [0.29, 0.717) is 23.4 Å². The first kappa shape index (κ1) is 12.5. The summed E-state index contributed by atoms with van der Waals surface area (Å²) in [6, 6.07) is 7.96. The van der Waals surface area contributed by atoms with Gasteiger partial charge in [-0.15, -0.1) is 0 Å². The van der Waals surface area contributed by atoms with Crippen LogP contribution in [0.15, 0.2) is 41.0 Å². The minimum Gasteiger partial charge on any atom is -0.480 e. The highest BCUT2D eigenvalue weighted by molar-refractivity contribution is 6.11. The van der Waals surface area contributed by atoms with Crippen molar-refractivity contribution in [1.82, 2.24) is 0 Å².